The highest BCUT2D eigenvalue weighted by Gasteiger charge is 2.38. The SMILES string of the molecule is O=C(CNC(=O)C(F)(F)F)c1ccc(CN(C(=O)N2CCOCC2)c2ccc(F)c(Cl)c2)cc1. The fourth-order valence-corrected chi connectivity index (χ4v) is 3.36. The molecule has 0 aliphatic carbocycles. The summed E-state index contributed by atoms with van der Waals surface area (Å²) in [5.74, 6) is -3.55. The Hall–Kier alpha value is -3.18. The average Bonchev–Trinajstić information content (AvgIpc) is 2.82. The Morgan fingerprint density at radius 2 is 1.71 bits per heavy atom. The highest BCUT2D eigenvalue weighted by molar-refractivity contribution is 6.31. The summed E-state index contributed by atoms with van der Waals surface area (Å²) >= 11 is 5.90. The van der Waals surface area contributed by atoms with E-state index in [0.29, 0.717) is 37.6 Å². The second-order valence-corrected chi connectivity index (χ2v) is 7.77. The van der Waals surface area contributed by atoms with Gasteiger partial charge in [0.25, 0.3) is 0 Å². The van der Waals surface area contributed by atoms with E-state index in [-0.39, 0.29) is 23.2 Å². The van der Waals surface area contributed by atoms with Crippen LogP contribution in [0, 0.1) is 5.82 Å². The number of carbonyl (C=O) groups excluding carboxylic acids is 3. The second-order valence-electron chi connectivity index (χ2n) is 7.37. The number of hydrogen-bond acceptors (Lipinski definition) is 4. The van der Waals surface area contributed by atoms with E-state index in [1.54, 1.807) is 4.90 Å². The van der Waals surface area contributed by atoms with Crippen LogP contribution in [0.25, 0.3) is 0 Å². The molecule has 1 heterocycles. The standard InChI is InChI=1S/C22H20ClF4N3O4/c23-17-11-16(5-6-18(17)24)30(21(33)29-7-9-34-10-8-29)13-14-1-3-15(4-2-14)19(31)12-28-20(32)22(25,26)27/h1-6,11H,7-10,12-13H2,(H,28,32). The van der Waals surface area contributed by atoms with Crippen molar-refractivity contribution >= 4 is 35.0 Å². The molecule has 1 fully saturated rings. The molecule has 1 N–H and O–H groups in total. The summed E-state index contributed by atoms with van der Waals surface area (Å²) in [6, 6.07) is 9.37. The Bertz CT molecular complexity index is 1060. The fraction of sp³-hybridized carbons (Fsp3) is 0.318. The molecule has 34 heavy (non-hydrogen) atoms. The Balaban J connectivity index is 1.75. The molecule has 1 aliphatic rings. The van der Waals surface area contributed by atoms with Crippen molar-refractivity contribution in [2.45, 2.75) is 12.7 Å². The zero-order valence-corrected chi connectivity index (χ0v) is 18.5. The number of hydrogen-bond donors (Lipinski definition) is 1. The first-order chi connectivity index (χ1) is 16.1. The number of anilines is 1. The Morgan fingerprint density at radius 3 is 2.29 bits per heavy atom. The normalized spacial score (nSPS) is 14.0. The molecular weight excluding hydrogens is 482 g/mol. The predicted molar refractivity (Wildman–Crippen MR) is 115 cm³/mol. The largest absolute Gasteiger partial charge is 0.471 e. The Labute approximate surface area is 197 Å². The molecule has 1 aliphatic heterocycles. The minimum Gasteiger partial charge on any atom is -0.378 e. The van der Waals surface area contributed by atoms with E-state index in [1.165, 1.54) is 46.6 Å². The van der Waals surface area contributed by atoms with E-state index in [4.69, 9.17) is 16.3 Å². The van der Waals surface area contributed by atoms with Gasteiger partial charge in [0, 0.05) is 24.3 Å². The van der Waals surface area contributed by atoms with Crippen LogP contribution in [0.1, 0.15) is 15.9 Å². The molecule has 2 aromatic rings. The molecule has 0 unspecified atom stereocenters. The van der Waals surface area contributed by atoms with Gasteiger partial charge < -0.3 is 15.0 Å². The summed E-state index contributed by atoms with van der Waals surface area (Å²) in [6.45, 7) is 0.754. The number of carbonyl (C=O) groups is 3. The number of urea groups is 1. The van der Waals surface area contributed by atoms with E-state index in [2.05, 4.69) is 0 Å². The molecule has 1 saturated heterocycles. The van der Waals surface area contributed by atoms with Crippen molar-refractivity contribution in [3.8, 4) is 0 Å². The summed E-state index contributed by atoms with van der Waals surface area (Å²) < 4.78 is 55.7. The van der Waals surface area contributed by atoms with Gasteiger partial charge in [0.1, 0.15) is 5.82 Å². The van der Waals surface area contributed by atoms with Crippen molar-refractivity contribution in [2.24, 2.45) is 0 Å². The molecule has 0 radical (unpaired) electrons. The van der Waals surface area contributed by atoms with Crippen LogP contribution in [0.5, 0.6) is 0 Å². The number of rotatable bonds is 6. The minimum absolute atomic E-state index is 0.0530. The topological polar surface area (TPSA) is 79.0 Å². The molecule has 182 valence electrons. The number of ketones is 1. The smallest absolute Gasteiger partial charge is 0.378 e. The highest BCUT2D eigenvalue weighted by Crippen LogP contribution is 2.26. The van der Waals surface area contributed by atoms with E-state index in [0.717, 1.165) is 6.07 Å². The molecule has 3 rings (SSSR count). The second kappa shape index (κ2) is 10.8. The molecule has 12 heteroatoms. The van der Waals surface area contributed by atoms with E-state index >= 15 is 0 Å². The number of amides is 3. The summed E-state index contributed by atoms with van der Waals surface area (Å²) in [6.07, 6.45) is -5.08. The summed E-state index contributed by atoms with van der Waals surface area (Å²) in [7, 11) is 0. The van der Waals surface area contributed by atoms with Crippen molar-refractivity contribution in [3.63, 3.8) is 0 Å². The average molecular weight is 502 g/mol. The van der Waals surface area contributed by atoms with E-state index in [9.17, 15) is 31.9 Å². The van der Waals surface area contributed by atoms with Crippen LogP contribution in [0.4, 0.5) is 28.0 Å². The molecule has 0 bridgehead atoms. The number of nitrogens with one attached hydrogen (secondary N) is 1. The lowest BCUT2D eigenvalue weighted by Gasteiger charge is -2.33. The highest BCUT2D eigenvalue weighted by atomic mass is 35.5. The molecule has 0 saturated carbocycles. The third kappa shape index (κ3) is 6.45. The van der Waals surface area contributed by atoms with Crippen molar-refractivity contribution in [3.05, 3.63) is 64.4 Å². The van der Waals surface area contributed by atoms with Crippen LogP contribution in [-0.4, -0.2) is 61.6 Å². The molecule has 0 atom stereocenters. The number of morpholine rings is 1. The predicted octanol–water partition coefficient (Wildman–Crippen LogP) is 3.80. The Kier molecular flexibility index (Phi) is 8.11. The molecule has 3 amide bonds. The van der Waals surface area contributed by atoms with Crippen LogP contribution in [0.15, 0.2) is 42.5 Å². The van der Waals surface area contributed by atoms with Crippen LogP contribution < -0.4 is 10.2 Å². The first-order valence-electron chi connectivity index (χ1n) is 10.1. The van der Waals surface area contributed by atoms with Crippen LogP contribution >= 0.6 is 11.6 Å². The number of nitrogens with zero attached hydrogens (tertiary/aromatic N) is 2. The van der Waals surface area contributed by atoms with E-state index < -0.39 is 30.2 Å². The maximum atomic E-state index is 13.7. The van der Waals surface area contributed by atoms with Crippen molar-refractivity contribution in [1.82, 2.24) is 10.2 Å². The van der Waals surface area contributed by atoms with Crippen LogP contribution in [-0.2, 0) is 16.1 Å². The lowest BCUT2D eigenvalue weighted by molar-refractivity contribution is -0.173. The van der Waals surface area contributed by atoms with Gasteiger partial charge in [0.15, 0.2) is 5.78 Å². The van der Waals surface area contributed by atoms with Gasteiger partial charge in [0.05, 0.1) is 31.3 Å². The van der Waals surface area contributed by atoms with Gasteiger partial charge in [-0.15, -0.1) is 0 Å². The molecule has 7 nitrogen and oxygen atoms in total. The minimum atomic E-state index is -5.08. The van der Waals surface area contributed by atoms with Gasteiger partial charge >= 0.3 is 18.1 Å². The number of Topliss-reactive ketones (excluding diaryl/α,β-unsaturated/α-hetero) is 1. The maximum Gasteiger partial charge on any atom is 0.471 e. The number of halogens is 5. The zero-order valence-electron chi connectivity index (χ0n) is 17.7. The monoisotopic (exact) mass is 501 g/mol. The third-order valence-corrected chi connectivity index (χ3v) is 5.30. The van der Waals surface area contributed by atoms with Gasteiger partial charge in [-0.2, -0.15) is 13.2 Å². The summed E-state index contributed by atoms with van der Waals surface area (Å²) in [4.78, 5) is 39.1. The number of alkyl halides is 3. The fourth-order valence-electron chi connectivity index (χ4n) is 3.19. The number of ether oxygens (including phenoxy) is 1. The summed E-state index contributed by atoms with van der Waals surface area (Å²) in [5.41, 5.74) is 1.04. The zero-order chi connectivity index (χ0) is 24.9. The maximum absolute atomic E-state index is 13.7. The van der Waals surface area contributed by atoms with Crippen molar-refractivity contribution < 1.29 is 36.7 Å². The van der Waals surface area contributed by atoms with Crippen molar-refractivity contribution in [2.75, 3.05) is 37.7 Å². The summed E-state index contributed by atoms with van der Waals surface area (Å²) in [5, 5.41) is 1.37. The molecule has 2 aromatic carbocycles. The van der Waals surface area contributed by atoms with E-state index in [1.807, 2.05) is 0 Å². The Morgan fingerprint density at radius 1 is 1.06 bits per heavy atom. The first-order valence-corrected chi connectivity index (χ1v) is 10.5. The first kappa shape index (κ1) is 25.4. The van der Waals surface area contributed by atoms with Crippen molar-refractivity contribution in [1.29, 1.82) is 0 Å². The number of benzene rings is 2. The van der Waals surface area contributed by atoms with Gasteiger partial charge in [-0.1, -0.05) is 35.9 Å². The third-order valence-electron chi connectivity index (χ3n) is 5.01. The van der Waals surface area contributed by atoms with Gasteiger partial charge in [-0.25, -0.2) is 9.18 Å². The van der Waals surface area contributed by atoms with Gasteiger partial charge in [-0.3, -0.25) is 14.5 Å². The quantitative estimate of drug-likeness (QED) is 0.482. The lowest BCUT2D eigenvalue weighted by atomic mass is 10.1. The van der Waals surface area contributed by atoms with Crippen LogP contribution in [0.2, 0.25) is 5.02 Å². The molecule has 0 aromatic heterocycles. The lowest BCUT2D eigenvalue weighted by Crippen LogP contribution is -2.48. The van der Waals surface area contributed by atoms with Gasteiger partial charge in [-0.05, 0) is 23.8 Å². The molecular formula is C22H20ClF4N3O4. The molecule has 0 spiro atoms. The van der Waals surface area contributed by atoms with Crippen LogP contribution in [0.3, 0.4) is 0 Å². The van der Waals surface area contributed by atoms with Gasteiger partial charge in [0.2, 0.25) is 0 Å².